The highest BCUT2D eigenvalue weighted by Crippen LogP contribution is 2.25. The van der Waals surface area contributed by atoms with Crippen molar-refractivity contribution in [3.05, 3.63) is 28.2 Å². The Labute approximate surface area is 152 Å². The van der Waals surface area contributed by atoms with E-state index < -0.39 is 10.0 Å². The SMILES string of the molecule is CS(=O)(=O)N(CCC(=O)Nc1ccc(Cl)cc1Cl)CC1CCCO1. The normalized spacial score (nSPS) is 18.1. The van der Waals surface area contributed by atoms with E-state index in [1.54, 1.807) is 12.1 Å². The molecule has 1 aliphatic rings. The van der Waals surface area contributed by atoms with Gasteiger partial charge in [0.15, 0.2) is 0 Å². The molecule has 0 aromatic heterocycles. The van der Waals surface area contributed by atoms with Crippen molar-refractivity contribution in [2.45, 2.75) is 25.4 Å². The molecule has 0 bridgehead atoms. The number of nitrogens with zero attached hydrogens (tertiary/aromatic N) is 1. The summed E-state index contributed by atoms with van der Waals surface area (Å²) in [7, 11) is -3.40. The minimum absolute atomic E-state index is 0.0265. The summed E-state index contributed by atoms with van der Waals surface area (Å²) in [5.74, 6) is -0.319. The van der Waals surface area contributed by atoms with Gasteiger partial charge in [0.1, 0.15) is 0 Å². The zero-order chi connectivity index (χ0) is 17.7. The molecule has 134 valence electrons. The number of amides is 1. The molecule has 1 aromatic rings. The van der Waals surface area contributed by atoms with E-state index in [4.69, 9.17) is 27.9 Å². The molecule has 1 atom stereocenters. The molecule has 0 spiro atoms. The molecule has 24 heavy (non-hydrogen) atoms. The maximum atomic E-state index is 12.1. The number of benzene rings is 1. The van der Waals surface area contributed by atoms with Crippen molar-refractivity contribution in [2.24, 2.45) is 0 Å². The Morgan fingerprint density at radius 3 is 2.75 bits per heavy atom. The minimum Gasteiger partial charge on any atom is -0.377 e. The molecule has 1 aromatic carbocycles. The Morgan fingerprint density at radius 2 is 2.17 bits per heavy atom. The highest BCUT2D eigenvalue weighted by Gasteiger charge is 2.25. The molecule has 0 saturated carbocycles. The zero-order valence-corrected chi connectivity index (χ0v) is 15.6. The van der Waals surface area contributed by atoms with Crippen LogP contribution in [-0.4, -0.2) is 50.7 Å². The predicted molar refractivity (Wildman–Crippen MR) is 95.1 cm³/mol. The number of halogens is 2. The smallest absolute Gasteiger partial charge is 0.225 e. The second-order valence-electron chi connectivity index (χ2n) is 5.68. The van der Waals surface area contributed by atoms with Gasteiger partial charge in [-0.15, -0.1) is 0 Å². The Morgan fingerprint density at radius 1 is 1.42 bits per heavy atom. The van der Waals surface area contributed by atoms with Crippen molar-refractivity contribution in [1.82, 2.24) is 4.31 Å². The molecule has 2 rings (SSSR count). The maximum absolute atomic E-state index is 12.1. The summed E-state index contributed by atoms with van der Waals surface area (Å²) in [6.45, 7) is 1.02. The van der Waals surface area contributed by atoms with Gasteiger partial charge in [0.05, 0.1) is 23.1 Å². The van der Waals surface area contributed by atoms with E-state index in [0.29, 0.717) is 22.3 Å². The molecule has 6 nitrogen and oxygen atoms in total. The summed E-state index contributed by atoms with van der Waals surface area (Å²) >= 11 is 11.8. The van der Waals surface area contributed by atoms with Gasteiger partial charge >= 0.3 is 0 Å². The third-order valence-electron chi connectivity index (χ3n) is 3.69. The fourth-order valence-electron chi connectivity index (χ4n) is 2.44. The molecule has 1 aliphatic heterocycles. The summed E-state index contributed by atoms with van der Waals surface area (Å²) in [5.41, 5.74) is 0.441. The highest BCUT2D eigenvalue weighted by molar-refractivity contribution is 7.88. The highest BCUT2D eigenvalue weighted by atomic mass is 35.5. The lowest BCUT2D eigenvalue weighted by Crippen LogP contribution is -2.38. The van der Waals surface area contributed by atoms with Crippen LogP contribution in [-0.2, 0) is 19.6 Å². The Balaban J connectivity index is 1.91. The molecule has 0 radical (unpaired) electrons. The van der Waals surface area contributed by atoms with Gasteiger partial charge in [-0.3, -0.25) is 4.79 Å². The molecular weight excluding hydrogens is 375 g/mol. The average molecular weight is 395 g/mol. The first-order valence-corrected chi connectivity index (χ1v) is 10.2. The maximum Gasteiger partial charge on any atom is 0.225 e. The van der Waals surface area contributed by atoms with Gasteiger partial charge in [0, 0.05) is 31.1 Å². The first kappa shape index (κ1) is 19.5. The third-order valence-corrected chi connectivity index (χ3v) is 5.51. The van der Waals surface area contributed by atoms with E-state index in [1.807, 2.05) is 0 Å². The third kappa shape index (κ3) is 5.89. The number of sulfonamides is 1. The van der Waals surface area contributed by atoms with Crippen molar-refractivity contribution in [2.75, 3.05) is 31.3 Å². The van der Waals surface area contributed by atoms with Gasteiger partial charge in [0.25, 0.3) is 0 Å². The quantitative estimate of drug-likeness (QED) is 0.771. The number of anilines is 1. The van der Waals surface area contributed by atoms with Crippen LogP contribution in [0.25, 0.3) is 0 Å². The molecule has 1 N–H and O–H groups in total. The number of ether oxygens (including phenoxy) is 1. The molecular formula is C15H20Cl2N2O4S. The van der Waals surface area contributed by atoms with Crippen LogP contribution < -0.4 is 5.32 Å². The first-order chi connectivity index (χ1) is 11.3. The van der Waals surface area contributed by atoms with Crippen LogP contribution in [0.3, 0.4) is 0 Å². The van der Waals surface area contributed by atoms with Crippen LogP contribution in [0.2, 0.25) is 10.0 Å². The van der Waals surface area contributed by atoms with Crippen LogP contribution in [0.15, 0.2) is 18.2 Å². The van der Waals surface area contributed by atoms with Crippen molar-refractivity contribution in [1.29, 1.82) is 0 Å². The summed E-state index contributed by atoms with van der Waals surface area (Å²) in [4.78, 5) is 12.1. The van der Waals surface area contributed by atoms with Crippen LogP contribution >= 0.6 is 23.2 Å². The average Bonchev–Trinajstić information content (AvgIpc) is 2.98. The number of rotatable bonds is 7. The van der Waals surface area contributed by atoms with Gasteiger partial charge < -0.3 is 10.1 Å². The van der Waals surface area contributed by atoms with E-state index in [-0.39, 0.29) is 31.5 Å². The molecule has 1 unspecified atom stereocenters. The topological polar surface area (TPSA) is 75.7 Å². The second-order valence-corrected chi connectivity index (χ2v) is 8.50. The number of carbonyl (C=O) groups excluding carboxylic acids is 1. The standard InChI is InChI=1S/C15H20Cl2N2O4S/c1-24(21,22)19(10-12-3-2-8-23-12)7-6-15(20)18-14-5-4-11(16)9-13(14)17/h4-5,9,12H,2-3,6-8,10H2,1H3,(H,18,20). The van der Waals surface area contributed by atoms with Crippen LogP contribution in [0, 0.1) is 0 Å². The van der Waals surface area contributed by atoms with E-state index in [9.17, 15) is 13.2 Å². The second kappa shape index (κ2) is 8.49. The van der Waals surface area contributed by atoms with E-state index in [1.165, 1.54) is 10.4 Å². The van der Waals surface area contributed by atoms with Gasteiger partial charge in [0.2, 0.25) is 15.9 Å². The van der Waals surface area contributed by atoms with Crippen LogP contribution in [0.1, 0.15) is 19.3 Å². The Bertz CT molecular complexity index is 691. The lowest BCUT2D eigenvalue weighted by Gasteiger charge is -2.22. The number of hydrogen-bond acceptors (Lipinski definition) is 4. The molecule has 1 heterocycles. The predicted octanol–water partition coefficient (Wildman–Crippen LogP) is 2.76. The lowest BCUT2D eigenvalue weighted by molar-refractivity contribution is -0.116. The van der Waals surface area contributed by atoms with Crippen molar-refractivity contribution in [3.63, 3.8) is 0 Å². The van der Waals surface area contributed by atoms with E-state index in [0.717, 1.165) is 19.1 Å². The molecule has 1 amide bonds. The fourth-order valence-corrected chi connectivity index (χ4v) is 3.75. The number of hydrogen-bond donors (Lipinski definition) is 1. The molecule has 1 fully saturated rings. The largest absolute Gasteiger partial charge is 0.377 e. The minimum atomic E-state index is -3.40. The van der Waals surface area contributed by atoms with E-state index >= 15 is 0 Å². The Kier molecular flexibility index (Phi) is 6.88. The lowest BCUT2D eigenvalue weighted by atomic mass is 10.2. The molecule has 1 saturated heterocycles. The monoisotopic (exact) mass is 394 g/mol. The summed E-state index contributed by atoms with van der Waals surface area (Å²) in [5, 5.41) is 3.45. The molecule has 0 aliphatic carbocycles. The summed E-state index contributed by atoms with van der Waals surface area (Å²) in [6, 6.07) is 4.74. The Hall–Kier alpha value is -0.860. The van der Waals surface area contributed by atoms with Gasteiger partial charge in [-0.05, 0) is 31.0 Å². The zero-order valence-electron chi connectivity index (χ0n) is 13.3. The first-order valence-electron chi connectivity index (χ1n) is 7.57. The fraction of sp³-hybridized carbons (Fsp3) is 0.533. The van der Waals surface area contributed by atoms with Crippen molar-refractivity contribution >= 4 is 44.8 Å². The van der Waals surface area contributed by atoms with E-state index in [2.05, 4.69) is 5.32 Å². The van der Waals surface area contributed by atoms with Gasteiger partial charge in [-0.1, -0.05) is 23.2 Å². The summed E-state index contributed by atoms with van der Waals surface area (Å²) < 4.78 is 30.5. The van der Waals surface area contributed by atoms with Crippen molar-refractivity contribution < 1.29 is 17.9 Å². The van der Waals surface area contributed by atoms with Crippen LogP contribution in [0.4, 0.5) is 5.69 Å². The summed E-state index contributed by atoms with van der Waals surface area (Å²) in [6.07, 6.45) is 2.82. The molecule has 9 heteroatoms. The van der Waals surface area contributed by atoms with Gasteiger partial charge in [-0.2, -0.15) is 4.31 Å². The van der Waals surface area contributed by atoms with Crippen LogP contribution in [0.5, 0.6) is 0 Å². The van der Waals surface area contributed by atoms with Crippen molar-refractivity contribution in [3.8, 4) is 0 Å². The number of carbonyl (C=O) groups is 1. The van der Waals surface area contributed by atoms with Gasteiger partial charge in [-0.25, -0.2) is 8.42 Å². The number of nitrogens with one attached hydrogen (secondary N) is 1.